The largest absolute Gasteiger partial charge is 0.370 e. The van der Waals surface area contributed by atoms with E-state index in [1.807, 2.05) is 27.7 Å². The van der Waals surface area contributed by atoms with E-state index in [2.05, 4.69) is 20.7 Å². The minimum Gasteiger partial charge on any atom is -0.370 e. The van der Waals surface area contributed by atoms with Gasteiger partial charge in [-0.2, -0.15) is 0 Å². The Bertz CT molecular complexity index is 458. The zero-order chi connectivity index (χ0) is 14.6. The summed E-state index contributed by atoms with van der Waals surface area (Å²) in [6.45, 7) is 7.75. The number of primary amides is 1. The van der Waals surface area contributed by atoms with Crippen molar-refractivity contribution in [1.29, 1.82) is 0 Å². The van der Waals surface area contributed by atoms with Gasteiger partial charge in [0, 0.05) is 23.9 Å². The van der Waals surface area contributed by atoms with Crippen molar-refractivity contribution in [3.8, 4) is 0 Å². The van der Waals surface area contributed by atoms with Crippen LogP contribution in [0.5, 0.6) is 0 Å². The van der Waals surface area contributed by atoms with Gasteiger partial charge in [-0.05, 0) is 13.8 Å². The molecule has 19 heavy (non-hydrogen) atoms. The van der Waals surface area contributed by atoms with E-state index >= 15 is 0 Å². The van der Waals surface area contributed by atoms with E-state index in [1.54, 1.807) is 6.07 Å². The van der Waals surface area contributed by atoms with Crippen molar-refractivity contribution in [3.05, 3.63) is 11.9 Å². The Hall–Kier alpha value is -1.89. The predicted octanol–water partition coefficient (Wildman–Crippen LogP) is 0.951. The zero-order valence-corrected chi connectivity index (χ0v) is 11.8. The molecule has 0 bridgehead atoms. The first-order chi connectivity index (χ1) is 8.73. The molecule has 0 aliphatic rings. The molecule has 0 spiro atoms. The van der Waals surface area contributed by atoms with Gasteiger partial charge < -0.3 is 16.5 Å². The first-order valence-electron chi connectivity index (χ1n) is 6.15. The number of amides is 1. The van der Waals surface area contributed by atoms with Gasteiger partial charge in [-0.3, -0.25) is 4.79 Å². The molecule has 1 amide bonds. The van der Waals surface area contributed by atoms with Crippen LogP contribution >= 0.6 is 0 Å². The number of nitrogens with two attached hydrogens (primary N) is 2. The summed E-state index contributed by atoms with van der Waals surface area (Å²) in [4.78, 5) is 19.7. The van der Waals surface area contributed by atoms with Crippen molar-refractivity contribution in [2.75, 3.05) is 10.7 Å². The maximum atomic E-state index is 11.0. The van der Waals surface area contributed by atoms with Crippen LogP contribution in [-0.4, -0.2) is 21.4 Å². The van der Waals surface area contributed by atoms with Gasteiger partial charge in [0.25, 0.3) is 0 Å². The van der Waals surface area contributed by atoms with Crippen molar-refractivity contribution in [2.45, 2.75) is 45.6 Å². The smallest absolute Gasteiger partial charge is 0.219 e. The van der Waals surface area contributed by atoms with Crippen LogP contribution in [-0.2, 0) is 4.79 Å². The zero-order valence-electron chi connectivity index (χ0n) is 11.8. The summed E-state index contributed by atoms with van der Waals surface area (Å²) in [6, 6.07) is 1.69. The van der Waals surface area contributed by atoms with Crippen LogP contribution in [0.25, 0.3) is 0 Å². The van der Waals surface area contributed by atoms with Gasteiger partial charge in [0.2, 0.25) is 5.91 Å². The number of carbonyl (C=O) groups excluding carboxylic acids is 1. The molecule has 1 heterocycles. The Labute approximate surface area is 113 Å². The predicted molar refractivity (Wildman–Crippen MR) is 75.4 cm³/mol. The van der Waals surface area contributed by atoms with Crippen LogP contribution in [0.2, 0.25) is 0 Å². The fourth-order valence-electron chi connectivity index (χ4n) is 1.69. The number of hydrogen-bond acceptors (Lipinski definition) is 6. The van der Waals surface area contributed by atoms with E-state index in [4.69, 9.17) is 11.6 Å². The molecule has 0 radical (unpaired) electrons. The van der Waals surface area contributed by atoms with Crippen molar-refractivity contribution < 1.29 is 4.79 Å². The number of hydrazine groups is 1. The maximum Gasteiger partial charge on any atom is 0.219 e. The third kappa shape index (κ3) is 4.70. The van der Waals surface area contributed by atoms with E-state index in [9.17, 15) is 4.79 Å². The Morgan fingerprint density at radius 2 is 1.95 bits per heavy atom. The van der Waals surface area contributed by atoms with Crippen LogP contribution < -0.4 is 22.3 Å². The summed E-state index contributed by atoms with van der Waals surface area (Å²) in [5.74, 6) is 7.00. The average Bonchev–Trinajstić information content (AvgIpc) is 2.25. The number of nitrogens with one attached hydrogen (secondary N) is 2. The molecule has 1 aromatic rings. The number of nitrogen functional groups attached to an aromatic ring is 1. The van der Waals surface area contributed by atoms with E-state index in [1.165, 1.54) is 0 Å². The minimum absolute atomic E-state index is 0.174. The molecule has 0 saturated heterocycles. The molecule has 0 saturated carbocycles. The Balaban J connectivity index is 3.00. The lowest BCUT2D eigenvalue weighted by Crippen LogP contribution is -2.36. The SMILES string of the molecule is CC(C)c1nc(NN)cc(NC(C)(C)CC(N)=O)n1. The molecule has 0 aliphatic heterocycles. The molecular weight excluding hydrogens is 244 g/mol. The number of carbonyl (C=O) groups is 1. The van der Waals surface area contributed by atoms with Gasteiger partial charge in [0.05, 0.1) is 0 Å². The first-order valence-corrected chi connectivity index (χ1v) is 6.15. The molecule has 1 aromatic heterocycles. The molecule has 0 fully saturated rings. The number of rotatable bonds is 6. The van der Waals surface area contributed by atoms with Crippen LogP contribution in [0, 0.1) is 0 Å². The third-order valence-electron chi connectivity index (χ3n) is 2.49. The minimum atomic E-state index is -0.486. The fraction of sp³-hybridized carbons (Fsp3) is 0.583. The molecule has 7 nitrogen and oxygen atoms in total. The van der Waals surface area contributed by atoms with Gasteiger partial charge >= 0.3 is 0 Å². The lowest BCUT2D eigenvalue weighted by atomic mass is 10.0. The van der Waals surface area contributed by atoms with Gasteiger partial charge in [0.1, 0.15) is 17.5 Å². The lowest BCUT2D eigenvalue weighted by Gasteiger charge is -2.26. The molecule has 6 N–H and O–H groups in total. The number of anilines is 2. The van der Waals surface area contributed by atoms with Crippen molar-refractivity contribution >= 4 is 17.5 Å². The quantitative estimate of drug-likeness (QED) is 0.449. The first kappa shape index (κ1) is 15.2. The monoisotopic (exact) mass is 266 g/mol. The second-order valence-electron chi connectivity index (χ2n) is 5.45. The molecule has 0 aliphatic carbocycles. The summed E-state index contributed by atoms with van der Waals surface area (Å²) < 4.78 is 0. The van der Waals surface area contributed by atoms with E-state index in [0.717, 1.165) is 0 Å². The van der Waals surface area contributed by atoms with Crippen molar-refractivity contribution in [1.82, 2.24) is 9.97 Å². The molecule has 0 aromatic carbocycles. The molecule has 0 unspecified atom stereocenters. The Kier molecular flexibility index (Phi) is 4.66. The maximum absolute atomic E-state index is 11.0. The normalized spacial score (nSPS) is 11.5. The van der Waals surface area contributed by atoms with Crippen LogP contribution in [0.4, 0.5) is 11.6 Å². The highest BCUT2D eigenvalue weighted by atomic mass is 16.1. The molecular formula is C12H22N6O. The second-order valence-corrected chi connectivity index (χ2v) is 5.45. The summed E-state index contributed by atoms with van der Waals surface area (Å²) in [7, 11) is 0. The summed E-state index contributed by atoms with van der Waals surface area (Å²) in [6.07, 6.45) is 0.208. The molecule has 1 rings (SSSR count). The highest BCUT2D eigenvalue weighted by Crippen LogP contribution is 2.21. The topological polar surface area (TPSA) is 119 Å². The Morgan fingerprint density at radius 3 is 2.42 bits per heavy atom. The Morgan fingerprint density at radius 1 is 1.37 bits per heavy atom. The summed E-state index contributed by atoms with van der Waals surface area (Å²) in [5, 5.41) is 3.17. The van der Waals surface area contributed by atoms with Crippen LogP contribution in [0.1, 0.15) is 45.9 Å². The molecule has 0 atom stereocenters. The summed E-state index contributed by atoms with van der Waals surface area (Å²) >= 11 is 0. The van der Waals surface area contributed by atoms with E-state index in [-0.39, 0.29) is 18.2 Å². The number of aromatic nitrogens is 2. The molecule has 106 valence electrons. The van der Waals surface area contributed by atoms with Crippen molar-refractivity contribution in [3.63, 3.8) is 0 Å². The highest BCUT2D eigenvalue weighted by Gasteiger charge is 2.21. The second kappa shape index (κ2) is 5.83. The summed E-state index contributed by atoms with van der Waals surface area (Å²) in [5.41, 5.74) is 7.24. The fourth-order valence-corrected chi connectivity index (χ4v) is 1.69. The average molecular weight is 266 g/mol. The van der Waals surface area contributed by atoms with Crippen LogP contribution in [0.15, 0.2) is 6.07 Å². The number of nitrogens with zero attached hydrogens (tertiary/aromatic N) is 2. The van der Waals surface area contributed by atoms with Crippen molar-refractivity contribution in [2.24, 2.45) is 11.6 Å². The van der Waals surface area contributed by atoms with Gasteiger partial charge in [-0.25, -0.2) is 15.8 Å². The lowest BCUT2D eigenvalue weighted by molar-refractivity contribution is -0.118. The van der Waals surface area contributed by atoms with E-state index in [0.29, 0.717) is 17.5 Å². The van der Waals surface area contributed by atoms with Gasteiger partial charge in [0.15, 0.2) is 0 Å². The van der Waals surface area contributed by atoms with Gasteiger partial charge in [-0.1, -0.05) is 13.8 Å². The van der Waals surface area contributed by atoms with Gasteiger partial charge in [-0.15, -0.1) is 0 Å². The third-order valence-corrected chi connectivity index (χ3v) is 2.49. The van der Waals surface area contributed by atoms with E-state index < -0.39 is 5.54 Å². The number of hydrogen-bond donors (Lipinski definition) is 4. The highest BCUT2D eigenvalue weighted by molar-refractivity contribution is 5.75. The van der Waals surface area contributed by atoms with Crippen LogP contribution in [0.3, 0.4) is 0 Å². The standard InChI is InChI=1S/C12H22N6O/c1-7(2)11-15-9(5-10(16-11)18-14)17-12(3,4)6-8(13)19/h5,7H,6,14H2,1-4H3,(H2,13,19)(H2,15,16,17,18). The molecule has 7 heteroatoms.